The minimum absolute atomic E-state index is 0.142. The Kier molecular flexibility index (Phi) is 13.2. The van der Waals surface area contributed by atoms with Crippen molar-refractivity contribution in [1.29, 1.82) is 0 Å². The van der Waals surface area contributed by atoms with Gasteiger partial charge in [0.05, 0.1) is 6.61 Å². The molecule has 0 fully saturated rings. The number of hydrogen-bond acceptors (Lipinski definition) is 3. The summed E-state index contributed by atoms with van der Waals surface area (Å²) in [6, 6.07) is 25.5. The van der Waals surface area contributed by atoms with E-state index in [-0.39, 0.29) is 11.5 Å². The average molecular weight is 623 g/mol. The van der Waals surface area contributed by atoms with Gasteiger partial charge in [-0.05, 0) is 77.8 Å². The molecule has 1 atom stereocenters. The number of alkyl halides is 5. The molecule has 0 spiro atoms. The molecule has 3 aromatic rings. The van der Waals surface area contributed by atoms with E-state index in [1.165, 1.54) is 5.57 Å². The van der Waals surface area contributed by atoms with Crippen molar-refractivity contribution in [3.05, 3.63) is 95.6 Å². The van der Waals surface area contributed by atoms with E-state index in [4.69, 9.17) is 4.74 Å². The predicted octanol–water partition coefficient (Wildman–Crippen LogP) is 9.82. The molecular weight excluding hydrogens is 583 g/mol. The highest BCUT2D eigenvalue weighted by atomic mass is 32.2. The summed E-state index contributed by atoms with van der Waals surface area (Å²) in [6.07, 6.45) is -2.37. The van der Waals surface area contributed by atoms with E-state index < -0.39 is 35.7 Å². The second-order valence-electron chi connectivity index (χ2n) is 10.4. The van der Waals surface area contributed by atoms with Crippen molar-refractivity contribution < 1.29 is 36.0 Å². The van der Waals surface area contributed by atoms with Gasteiger partial charge in [0, 0.05) is 28.7 Å². The Morgan fingerprint density at radius 1 is 0.721 bits per heavy atom. The van der Waals surface area contributed by atoms with Gasteiger partial charge in [0.15, 0.2) is 0 Å². The molecule has 43 heavy (non-hydrogen) atoms. The second kappa shape index (κ2) is 16.6. The molecule has 0 saturated heterocycles. The lowest BCUT2D eigenvalue weighted by Crippen LogP contribution is -2.36. The Bertz CT molecular complexity index is 1300. The molecule has 0 radical (unpaired) electrons. The first-order chi connectivity index (χ1) is 20.5. The summed E-state index contributed by atoms with van der Waals surface area (Å²) < 4.78 is 80.3. The number of hydrogen-bond donors (Lipinski definition) is 1. The summed E-state index contributed by atoms with van der Waals surface area (Å²) in [7, 11) is -1.39. The van der Waals surface area contributed by atoms with Gasteiger partial charge in [-0.3, -0.25) is 4.21 Å². The lowest BCUT2D eigenvalue weighted by atomic mass is 9.88. The van der Waals surface area contributed by atoms with Crippen LogP contribution in [0.1, 0.15) is 75.0 Å². The van der Waals surface area contributed by atoms with E-state index >= 15 is 0 Å². The van der Waals surface area contributed by atoms with Crippen LogP contribution in [-0.4, -0.2) is 39.5 Å². The van der Waals surface area contributed by atoms with E-state index in [0.717, 1.165) is 60.1 Å². The number of rotatable bonds is 17. The van der Waals surface area contributed by atoms with Crippen LogP contribution >= 0.6 is 0 Å². The molecule has 1 N–H and O–H groups in total. The fourth-order valence-corrected chi connectivity index (χ4v) is 6.01. The zero-order valence-electron chi connectivity index (χ0n) is 24.3. The summed E-state index contributed by atoms with van der Waals surface area (Å²) in [5, 5.41) is 9.82. The van der Waals surface area contributed by atoms with Crippen molar-refractivity contribution >= 4 is 21.9 Å². The largest absolute Gasteiger partial charge is 0.508 e. The summed E-state index contributed by atoms with van der Waals surface area (Å²) in [5.41, 5.74) is 5.50. The van der Waals surface area contributed by atoms with E-state index in [2.05, 4.69) is 19.1 Å². The molecule has 0 amide bonds. The first kappa shape index (κ1) is 34.3. The van der Waals surface area contributed by atoms with E-state index in [1.807, 2.05) is 54.6 Å². The molecule has 3 nitrogen and oxygen atoms in total. The maximum Gasteiger partial charge on any atom is 0.453 e. The highest BCUT2D eigenvalue weighted by Gasteiger charge is 2.56. The maximum absolute atomic E-state index is 12.9. The van der Waals surface area contributed by atoms with Crippen LogP contribution in [-0.2, 0) is 10.8 Å². The smallest absolute Gasteiger partial charge is 0.453 e. The molecule has 0 bridgehead atoms. The number of phenols is 1. The minimum Gasteiger partial charge on any atom is -0.508 e. The number of ether oxygens (including phenoxy) is 1. The molecule has 0 heterocycles. The van der Waals surface area contributed by atoms with Crippen molar-refractivity contribution in [2.45, 2.75) is 70.4 Å². The van der Waals surface area contributed by atoms with Gasteiger partial charge >= 0.3 is 12.1 Å². The minimum atomic E-state index is -5.56. The van der Waals surface area contributed by atoms with Crippen molar-refractivity contribution in [2.75, 3.05) is 18.1 Å². The van der Waals surface area contributed by atoms with Gasteiger partial charge in [-0.25, -0.2) is 0 Å². The highest BCUT2D eigenvalue weighted by molar-refractivity contribution is 7.84. The van der Waals surface area contributed by atoms with Crippen LogP contribution < -0.4 is 4.74 Å². The molecule has 0 aliphatic rings. The summed E-state index contributed by atoms with van der Waals surface area (Å²) in [6.45, 7) is 2.68. The van der Waals surface area contributed by atoms with Gasteiger partial charge in [0.1, 0.15) is 11.5 Å². The molecule has 234 valence electrons. The lowest BCUT2D eigenvalue weighted by Gasteiger charge is -2.19. The van der Waals surface area contributed by atoms with Crippen molar-refractivity contribution in [2.24, 2.45) is 0 Å². The standard InChI is InChI=1S/C34H39F5O3S/c1-2-31(26-12-7-6-8-13-26)32(27-14-18-29(40)19-15-27)28-16-20-30(21-17-28)42-23-9-4-3-5-10-24-43(41)25-11-22-33(35,36)34(37,38)39/h6-8,12-21,40H,2-5,9-11,22-25H2,1H3/b32-31-. The third kappa shape index (κ3) is 10.8. The SMILES string of the molecule is CC/C(=C(\c1ccc(O)cc1)c1ccc(OCCCCCCCS(=O)CCCC(F)(F)C(F)(F)F)cc1)c1ccccc1. The number of phenolic OH excluding ortho intramolecular Hbond substituents is 1. The highest BCUT2D eigenvalue weighted by Crippen LogP contribution is 2.39. The Balaban J connectivity index is 1.43. The second-order valence-corrected chi connectivity index (χ2v) is 12.1. The Morgan fingerprint density at radius 3 is 1.88 bits per heavy atom. The van der Waals surface area contributed by atoms with Crippen LogP contribution in [0.25, 0.3) is 11.1 Å². The third-order valence-electron chi connectivity index (χ3n) is 7.14. The summed E-state index contributed by atoms with van der Waals surface area (Å²) in [5.74, 6) is -3.58. The summed E-state index contributed by atoms with van der Waals surface area (Å²) >= 11 is 0. The fraction of sp³-hybridized carbons (Fsp3) is 0.412. The van der Waals surface area contributed by atoms with Gasteiger partial charge in [-0.1, -0.05) is 80.8 Å². The third-order valence-corrected chi connectivity index (χ3v) is 8.63. The first-order valence-electron chi connectivity index (χ1n) is 14.6. The van der Waals surface area contributed by atoms with Crippen LogP contribution in [0, 0.1) is 0 Å². The molecule has 9 heteroatoms. The van der Waals surface area contributed by atoms with Gasteiger partial charge in [-0.2, -0.15) is 22.0 Å². The number of halogens is 5. The molecule has 3 rings (SSSR count). The Hall–Kier alpha value is -3.20. The van der Waals surface area contributed by atoms with Crippen molar-refractivity contribution in [1.82, 2.24) is 0 Å². The molecule has 0 aliphatic heterocycles. The van der Waals surface area contributed by atoms with E-state index in [1.54, 1.807) is 12.1 Å². The zero-order valence-corrected chi connectivity index (χ0v) is 25.2. The molecule has 0 saturated carbocycles. The van der Waals surface area contributed by atoms with Crippen molar-refractivity contribution in [3.8, 4) is 11.5 Å². The number of unbranched alkanes of at least 4 members (excludes halogenated alkanes) is 4. The normalized spacial score (nSPS) is 13.4. The molecule has 3 aromatic carbocycles. The Morgan fingerprint density at radius 2 is 1.28 bits per heavy atom. The van der Waals surface area contributed by atoms with Crippen LogP contribution in [0.3, 0.4) is 0 Å². The number of allylic oxidation sites excluding steroid dienone is 1. The fourth-order valence-electron chi connectivity index (χ4n) is 4.81. The quantitative estimate of drug-likeness (QED) is 0.0926. The molecule has 0 aromatic heterocycles. The predicted molar refractivity (Wildman–Crippen MR) is 164 cm³/mol. The summed E-state index contributed by atoms with van der Waals surface area (Å²) in [4.78, 5) is 0. The molecular formula is C34H39F5O3S. The van der Waals surface area contributed by atoms with Crippen LogP contribution in [0.2, 0.25) is 0 Å². The number of benzene rings is 3. The topological polar surface area (TPSA) is 46.5 Å². The van der Waals surface area contributed by atoms with E-state index in [9.17, 15) is 31.3 Å². The monoisotopic (exact) mass is 622 g/mol. The van der Waals surface area contributed by atoms with Gasteiger partial charge in [0.25, 0.3) is 0 Å². The van der Waals surface area contributed by atoms with Crippen LogP contribution in [0.15, 0.2) is 78.9 Å². The Labute approximate surface area is 253 Å². The van der Waals surface area contributed by atoms with Crippen molar-refractivity contribution in [3.63, 3.8) is 0 Å². The van der Waals surface area contributed by atoms with Crippen LogP contribution in [0.5, 0.6) is 11.5 Å². The molecule has 1 unspecified atom stereocenters. The van der Waals surface area contributed by atoms with Gasteiger partial charge in [0.2, 0.25) is 0 Å². The zero-order chi connectivity index (χ0) is 31.3. The van der Waals surface area contributed by atoms with Gasteiger partial charge < -0.3 is 9.84 Å². The first-order valence-corrected chi connectivity index (χ1v) is 16.1. The average Bonchev–Trinajstić information content (AvgIpc) is 2.98. The van der Waals surface area contributed by atoms with E-state index in [0.29, 0.717) is 18.8 Å². The molecule has 0 aliphatic carbocycles. The maximum atomic E-state index is 12.9. The van der Waals surface area contributed by atoms with Gasteiger partial charge in [-0.15, -0.1) is 0 Å². The number of aromatic hydroxyl groups is 1. The lowest BCUT2D eigenvalue weighted by molar-refractivity contribution is -0.284. The van der Waals surface area contributed by atoms with Crippen LogP contribution in [0.4, 0.5) is 22.0 Å².